The summed E-state index contributed by atoms with van der Waals surface area (Å²) in [5, 5.41) is 0. The molecule has 0 spiro atoms. The molecule has 0 aliphatic carbocycles. The number of ether oxygens (including phenoxy) is 1. The van der Waals surface area contributed by atoms with Crippen molar-refractivity contribution in [3.63, 3.8) is 0 Å². The summed E-state index contributed by atoms with van der Waals surface area (Å²) in [7, 11) is 0. The molecule has 98 valence electrons. The van der Waals surface area contributed by atoms with E-state index in [0.717, 1.165) is 23.4 Å². The predicted molar refractivity (Wildman–Crippen MR) is 69.8 cm³/mol. The van der Waals surface area contributed by atoms with Crippen molar-refractivity contribution in [3.05, 3.63) is 42.2 Å². The second-order valence-electron chi connectivity index (χ2n) is 4.09. The third-order valence-electron chi connectivity index (χ3n) is 2.57. The van der Waals surface area contributed by atoms with Crippen molar-refractivity contribution in [2.75, 3.05) is 0 Å². The Bertz CT molecular complexity index is 566. The first-order valence-electron chi connectivity index (χ1n) is 6.00. The summed E-state index contributed by atoms with van der Waals surface area (Å²) in [6.07, 6.45) is 1.93. The Hall–Kier alpha value is -2.36. The van der Waals surface area contributed by atoms with Crippen molar-refractivity contribution < 1.29 is 18.7 Å². The van der Waals surface area contributed by atoms with Crippen molar-refractivity contribution in [2.45, 2.75) is 19.8 Å². The van der Waals surface area contributed by atoms with Gasteiger partial charge < -0.3 is 13.9 Å². The number of carbonyl (C=O) groups is 2. The fourth-order valence-electron chi connectivity index (χ4n) is 1.72. The van der Waals surface area contributed by atoms with Gasteiger partial charge in [0.1, 0.15) is 23.6 Å². The molecule has 0 saturated carbocycles. The van der Waals surface area contributed by atoms with Crippen LogP contribution in [0.3, 0.4) is 0 Å². The largest absolute Gasteiger partial charge is 0.461 e. The molecule has 0 N–H and O–H groups in total. The monoisotopic (exact) mass is 258 g/mol. The van der Waals surface area contributed by atoms with E-state index in [1.165, 1.54) is 6.92 Å². The number of aldehydes is 1. The van der Waals surface area contributed by atoms with Crippen LogP contribution in [0.4, 0.5) is 0 Å². The van der Waals surface area contributed by atoms with Crippen LogP contribution in [-0.2, 0) is 16.0 Å². The number of hydrogen-bond donors (Lipinski definition) is 0. The van der Waals surface area contributed by atoms with Crippen LogP contribution in [0.2, 0.25) is 0 Å². The molecule has 0 aliphatic heterocycles. The number of benzene rings is 1. The standard InChI is InChI=1S/C15H14O4/c1-11(17)18-14-6-4-12(5-7-14)15-9-8-13(19-15)3-2-10-16/h4-10H,2-3H2,1H3. The molecule has 0 aliphatic rings. The molecule has 1 aromatic heterocycles. The van der Waals surface area contributed by atoms with E-state index < -0.39 is 0 Å². The fraction of sp³-hybridized carbons (Fsp3) is 0.200. The molecular weight excluding hydrogens is 244 g/mol. The van der Waals surface area contributed by atoms with Crippen LogP contribution in [0, 0.1) is 0 Å². The van der Waals surface area contributed by atoms with E-state index in [0.29, 0.717) is 18.6 Å². The predicted octanol–water partition coefficient (Wildman–Crippen LogP) is 3.00. The summed E-state index contributed by atoms with van der Waals surface area (Å²) in [6.45, 7) is 1.36. The lowest BCUT2D eigenvalue weighted by atomic mass is 10.2. The molecule has 19 heavy (non-hydrogen) atoms. The number of esters is 1. The highest BCUT2D eigenvalue weighted by Crippen LogP contribution is 2.25. The van der Waals surface area contributed by atoms with Crippen molar-refractivity contribution in [1.82, 2.24) is 0 Å². The van der Waals surface area contributed by atoms with Gasteiger partial charge in [-0.15, -0.1) is 0 Å². The van der Waals surface area contributed by atoms with Crippen molar-refractivity contribution in [1.29, 1.82) is 0 Å². The van der Waals surface area contributed by atoms with Crippen LogP contribution >= 0.6 is 0 Å². The zero-order valence-corrected chi connectivity index (χ0v) is 10.6. The Balaban J connectivity index is 2.10. The SMILES string of the molecule is CC(=O)Oc1ccc(-c2ccc(CCC=O)o2)cc1. The smallest absolute Gasteiger partial charge is 0.308 e. The molecule has 0 bridgehead atoms. The average molecular weight is 258 g/mol. The summed E-state index contributed by atoms with van der Waals surface area (Å²) < 4.78 is 10.6. The average Bonchev–Trinajstić information content (AvgIpc) is 2.85. The van der Waals surface area contributed by atoms with E-state index in [1.54, 1.807) is 12.1 Å². The summed E-state index contributed by atoms with van der Waals surface area (Å²) in [4.78, 5) is 21.1. The van der Waals surface area contributed by atoms with Crippen LogP contribution in [0.1, 0.15) is 19.1 Å². The molecule has 4 nitrogen and oxygen atoms in total. The van der Waals surface area contributed by atoms with Gasteiger partial charge in [0.05, 0.1) is 0 Å². The zero-order chi connectivity index (χ0) is 13.7. The minimum atomic E-state index is -0.345. The van der Waals surface area contributed by atoms with Crippen LogP contribution in [-0.4, -0.2) is 12.3 Å². The minimum Gasteiger partial charge on any atom is -0.461 e. The number of aryl methyl sites for hydroxylation is 1. The van der Waals surface area contributed by atoms with Gasteiger partial charge in [0, 0.05) is 25.3 Å². The van der Waals surface area contributed by atoms with Gasteiger partial charge in [-0.05, 0) is 36.4 Å². The Labute approximate surface area is 111 Å². The number of hydrogen-bond acceptors (Lipinski definition) is 4. The normalized spacial score (nSPS) is 10.2. The van der Waals surface area contributed by atoms with E-state index in [9.17, 15) is 9.59 Å². The first-order valence-corrected chi connectivity index (χ1v) is 6.00. The Morgan fingerprint density at radius 1 is 1.21 bits per heavy atom. The summed E-state index contributed by atoms with van der Waals surface area (Å²) in [5.41, 5.74) is 0.897. The van der Waals surface area contributed by atoms with Gasteiger partial charge in [-0.2, -0.15) is 0 Å². The van der Waals surface area contributed by atoms with E-state index in [1.807, 2.05) is 24.3 Å². The fourth-order valence-corrected chi connectivity index (χ4v) is 1.72. The Kier molecular flexibility index (Phi) is 4.13. The molecule has 1 heterocycles. The third-order valence-corrected chi connectivity index (χ3v) is 2.57. The highest BCUT2D eigenvalue weighted by Gasteiger charge is 2.05. The molecule has 0 amide bonds. The van der Waals surface area contributed by atoms with Gasteiger partial charge in [-0.1, -0.05) is 0 Å². The summed E-state index contributed by atoms with van der Waals surface area (Å²) >= 11 is 0. The van der Waals surface area contributed by atoms with Crippen LogP contribution in [0.25, 0.3) is 11.3 Å². The number of carbonyl (C=O) groups excluding carboxylic acids is 2. The molecule has 1 aromatic carbocycles. The van der Waals surface area contributed by atoms with Gasteiger partial charge in [-0.3, -0.25) is 4.79 Å². The van der Waals surface area contributed by atoms with Crippen molar-refractivity contribution >= 4 is 12.3 Å². The lowest BCUT2D eigenvalue weighted by molar-refractivity contribution is -0.131. The molecule has 2 rings (SSSR count). The van der Waals surface area contributed by atoms with Crippen LogP contribution in [0.5, 0.6) is 5.75 Å². The molecular formula is C15H14O4. The van der Waals surface area contributed by atoms with E-state index >= 15 is 0 Å². The lowest BCUT2D eigenvalue weighted by Gasteiger charge is -2.02. The molecule has 0 atom stereocenters. The highest BCUT2D eigenvalue weighted by molar-refractivity contribution is 5.69. The maximum absolute atomic E-state index is 10.8. The van der Waals surface area contributed by atoms with Gasteiger partial charge in [0.2, 0.25) is 0 Å². The van der Waals surface area contributed by atoms with E-state index in [2.05, 4.69) is 0 Å². The number of rotatable bonds is 5. The molecule has 2 aromatic rings. The van der Waals surface area contributed by atoms with E-state index in [4.69, 9.17) is 9.15 Å². The number of furan rings is 1. The van der Waals surface area contributed by atoms with Crippen LogP contribution in [0.15, 0.2) is 40.8 Å². The Morgan fingerprint density at radius 2 is 1.95 bits per heavy atom. The van der Waals surface area contributed by atoms with Crippen LogP contribution < -0.4 is 4.74 Å². The highest BCUT2D eigenvalue weighted by atomic mass is 16.5. The lowest BCUT2D eigenvalue weighted by Crippen LogP contribution is -2.00. The summed E-state index contributed by atoms with van der Waals surface area (Å²) in [6, 6.07) is 10.8. The minimum absolute atomic E-state index is 0.345. The Morgan fingerprint density at radius 3 is 2.58 bits per heavy atom. The first-order chi connectivity index (χ1) is 9.19. The molecule has 0 unspecified atom stereocenters. The van der Waals surface area contributed by atoms with E-state index in [-0.39, 0.29) is 5.97 Å². The second-order valence-corrected chi connectivity index (χ2v) is 4.09. The van der Waals surface area contributed by atoms with Gasteiger partial charge >= 0.3 is 5.97 Å². The topological polar surface area (TPSA) is 56.5 Å². The molecule has 0 saturated heterocycles. The van der Waals surface area contributed by atoms with Gasteiger partial charge in [0.25, 0.3) is 0 Å². The molecule has 4 heteroatoms. The first kappa shape index (κ1) is 13.1. The third kappa shape index (κ3) is 3.55. The van der Waals surface area contributed by atoms with Crippen molar-refractivity contribution in [2.24, 2.45) is 0 Å². The summed E-state index contributed by atoms with van der Waals surface area (Å²) in [5.74, 6) is 1.67. The zero-order valence-electron chi connectivity index (χ0n) is 10.6. The molecule has 0 fully saturated rings. The van der Waals surface area contributed by atoms with Gasteiger partial charge in [-0.25, -0.2) is 0 Å². The second kappa shape index (κ2) is 6.00. The quantitative estimate of drug-likeness (QED) is 0.470. The maximum Gasteiger partial charge on any atom is 0.308 e. The van der Waals surface area contributed by atoms with Gasteiger partial charge in [0.15, 0.2) is 0 Å². The molecule has 0 radical (unpaired) electrons. The maximum atomic E-state index is 10.8. The van der Waals surface area contributed by atoms with Crippen molar-refractivity contribution in [3.8, 4) is 17.1 Å².